The Morgan fingerprint density at radius 1 is 1.19 bits per heavy atom. The molecule has 106 valence electrons. The number of carbonyl (C=O) groups is 1. The lowest BCUT2D eigenvalue weighted by molar-refractivity contribution is 0.102. The third-order valence-electron chi connectivity index (χ3n) is 3.43. The van der Waals surface area contributed by atoms with Gasteiger partial charge in [0.1, 0.15) is 16.5 Å². The van der Waals surface area contributed by atoms with Crippen LogP contribution in [0.4, 0.5) is 4.39 Å². The van der Waals surface area contributed by atoms with Crippen molar-refractivity contribution in [1.29, 1.82) is 0 Å². The number of hydrogen-bond acceptors (Lipinski definition) is 3. The molecule has 21 heavy (non-hydrogen) atoms. The average Bonchev–Trinajstić information content (AvgIpc) is 2.98. The van der Waals surface area contributed by atoms with Crippen LogP contribution >= 0.6 is 11.3 Å². The van der Waals surface area contributed by atoms with Crippen molar-refractivity contribution in [2.45, 2.75) is 19.8 Å². The van der Waals surface area contributed by atoms with Crippen molar-refractivity contribution in [3.63, 3.8) is 0 Å². The van der Waals surface area contributed by atoms with Gasteiger partial charge < -0.3 is 0 Å². The molecule has 0 saturated heterocycles. The highest BCUT2D eigenvalue weighted by molar-refractivity contribution is 7.13. The predicted octanol–water partition coefficient (Wildman–Crippen LogP) is 4.87. The van der Waals surface area contributed by atoms with Gasteiger partial charge in [0.2, 0.25) is 5.78 Å². The van der Waals surface area contributed by atoms with Crippen molar-refractivity contribution in [3.05, 3.63) is 64.5 Å². The topological polar surface area (TPSA) is 30.0 Å². The summed E-state index contributed by atoms with van der Waals surface area (Å²) in [5.41, 5.74) is 3.26. The van der Waals surface area contributed by atoms with Crippen molar-refractivity contribution in [2.24, 2.45) is 0 Å². The Bertz CT molecular complexity index is 740. The second-order valence-corrected chi connectivity index (χ2v) is 5.90. The lowest BCUT2D eigenvalue weighted by Gasteiger charge is -2.07. The van der Waals surface area contributed by atoms with Gasteiger partial charge in [-0.05, 0) is 19.4 Å². The minimum absolute atomic E-state index is 0.103. The van der Waals surface area contributed by atoms with Crippen LogP contribution in [-0.4, -0.2) is 10.8 Å². The van der Waals surface area contributed by atoms with Gasteiger partial charge >= 0.3 is 0 Å². The number of allylic oxidation sites excluding steroid dienone is 4. The monoisotopic (exact) mass is 299 g/mol. The second-order valence-electron chi connectivity index (χ2n) is 5.04. The molecule has 2 nitrogen and oxygen atoms in total. The zero-order valence-corrected chi connectivity index (χ0v) is 12.4. The quantitative estimate of drug-likeness (QED) is 0.756. The summed E-state index contributed by atoms with van der Waals surface area (Å²) in [5, 5.41) is 2.60. The first-order valence-corrected chi connectivity index (χ1v) is 7.64. The molecule has 0 aliphatic heterocycles. The van der Waals surface area contributed by atoms with Gasteiger partial charge in [0.25, 0.3) is 0 Å². The Kier molecular flexibility index (Phi) is 3.80. The molecule has 0 atom stereocenters. The van der Waals surface area contributed by atoms with Crippen LogP contribution in [0.25, 0.3) is 10.6 Å². The average molecular weight is 299 g/mol. The summed E-state index contributed by atoms with van der Waals surface area (Å²) >= 11 is 1.45. The molecule has 0 unspecified atom stereocenters. The number of rotatable bonds is 3. The Balaban J connectivity index is 1.85. The van der Waals surface area contributed by atoms with E-state index in [1.807, 2.05) is 31.2 Å². The van der Waals surface area contributed by atoms with Crippen LogP contribution in [0.3, 0.4) is 0 Å². The second kappa shape index (κ2) is 5.74. The van der Waals surface area contributed by atoms with E-state index < -0.39 is 0 Å². The molecule has 1 aromatic carbocycles. The standard InChI is InChI=1S/C17H14FNOS/c1-11-2-4-13(5-3-11)17-19-15(10-21-17)16(20)12-6-8-14(18)9-7-12/h2-6,8,10H,7,9H2,1H3. The Morgan fingerprint density at radius 2 is 1.95 bits per heavy atom. The fraction of sp³-hybridized carbons (Fsp3) is 0.176. The molecular formula is C17H14FNOS. The largest absolute Gasteiger partial charge is 0.287 e. The normalized spacial score (nSPS) is 14.6. The van der Waals surface area contributed by atoms with E-state index in [4.69, 9.17) is 0 Å². The maximum absolute atomic E-state index is 13.0. The zero-order valence-electron chi connectivity index (χ0n) is 11.6. The van der Waals surface area contributed by atoms with E-state index in [0.717, 1.165) is 10.6 Å². The third-order valence-corrected chi connectivity index (χ3v) is 4.32. The summed E-state index contributed by atoms with van der Waals surface area (Å²) in [7, 11) is 0. The van der Waals surface area contributed by atoms with Gasteiger partial charge in [0.05, 0.1) is 0 Å². The number of benzene rings is 1. The number of nitrogens with zero attached hydrogens (tertiary/aromatic N) is 1. The fourth-order valence-electron chi connectivity index (χ4n) is 2.17. The number of thiazole rings is 1. The van der Waals surface area contributed by atoms with E-state index in [-0.39, 0.29) is 11.6 Å². The molecular weight excluding hydrogens is 285 g/mol. The smallest absolute Gasteiger partial charge is 0.208 e. The van der Waals surface area contributed by atoms with E-state index >= 15 is 0 Å². The van der Waals surface area contributed by atoms with Crippen LogP contribution in [0.1, 0.15) is 28.9 Å². The molecule has 4 heteroatoms. The van der Waals surface area contributed by atoms with Crippen molar-refractivity contribution >= 4 is 17.1 Å². The summed E-state index contributed by atoms with van der Waals surface area (Å²) in [4.78, 5) is 16.7. The minimum Gasteiger partial charge on any atom is -0.287 e. The third kappa shape index (κ3) is 3.00. The molecule has 1 aliphatic carbocycles. The number of Topliss-reactive ketones (excluding diaryl/α,β-unsaturated/α-hetero) is 1. The number of halogens is 1. The lowest BCUT2D eigenvalue weighted by Crippen LogP contribution is -2.06. The van der Waals surface area contributed by atoms with Crippen LogP contribution in [0, 0.1) is 6.92 Å². The molecule has 1 aromatic heterocycles. The molecule has 3 rings (SSSR count). The number of ketones is 1. The number of carbonyl (C=O) groups excluding carboxylic acids is 1. The van der Waals surface area contributed by atoms with E-state index in [2.05, 4.69) is 4.98 Å². The first-order chi connectivity index (χ1) is 10.1. The first kappa shape index (κ1) is 13.9. The van der Waals surface area contributed by atoms with E-state index in [9.17, 15) is 9.18 Å². The van der Waals surface area contributed by atoms with Crippen LogP contribution in [-0.2, 0) is 0 Å². The zero-order chi connectivity index (χ0) is 14.8. The predicted molar refractivity (Wildman–Crippen MR) is 83.1 cm³/mol. The minimum atomic E-state index is -0.176. The number of hydrogen-bond donors (Lipinski definition) is 0. The highest BCUT2D eigenvalue weighted by Crippen LogP contribution is 2.27. The molecule has 0 saturated carbocycles. The Labute approximate surface area is 126 Å². The molecule has 0 bridgehead atoms. The fourth-order valence-corrected chi connectivity index (χ4v) is 2.98. The van der Waals surface area contributed by atoms with Gasteiger partial charge in [0, 0.05) is 22.9 Å². The molecule has 0 N–H and O–H groups in total. The Hall–Kier alpha value is -2.07. The van der Waals surface area contributed by atoms with E-state index in [0.29, 0.717) is 24.1 Å². The van der Waals surface area contributed by atoms with Crippen molar-refractivity contribution in [3.8, 4) is 10.6 Å². The maximum Gasteiger partial charge on any atom is 0.208 e. The van der Waals surface area contributed by atoms with Crippen molar-refractivity contribution in [2.75, 3.05) is 0 Å². The Morgan fingerprint density at radius 3 is 2.62 bits per heavy atom. The summed E-state index contributed by atoms with van der Waals surface area (Å²) < 4.78 is 13.0. The highest BCUT2D eigenvalue weighted by atomic mass is 32.1. The molecule has 1 aliphatic rings. The SMILES string of the molecule is Cc1ccc(-c2nc(C(=O)C3=CC=C(F)CC3)cs2)cc1. The first-order valence-electron chi connectivity index (χ1n) is 6.76. The summed E-state index contributed by atoms with van der Waals surface area (Å²) in [6.45, 7) is 2.03. The van der Waals surface area contributed by atoms with Crippen LogP contribution in [0.5, 0.6) is 0 Å². The highest BCUT2D eigenvalue weighted by Gasteiger charge is 2.18. The van der Waals surface area contributed by atoms with Gasteiger partial charge in [-0.25, -0.2) is 9.37 Å². The lowest BCUT2D eigenvalue weighted by atomic mass is 9.99. The van der Waals surface area contributed by atoms with E-state index in [1.165, 1.54) is 23.0 Å². The van der Waals surface area contributed by atoms with Crippen molar-refractivity contribution < 1.29 is 9.18 Å². The maximum atomic E-state index is 13.0. The molecule has 0 radical (unpaired) electrons. The van der Waals surface area contributed by atoms with Crippen LogP contribution in [0.15, 0.2) is 53.2 Å². The molecule has 0 spiro atoms. The van der Waals surface area contributed by atoms with E-state index in [1.54, 1.807) is 11.5 Å². The van der Waals surface area contributed by atoms with Gasteiger partial charge in [-0.2, -0.15) is 0 Å². The summed E-state index contributed by atoms with van der Waals surface area (Å²) in [6.07, 6.45) is 3.67. The van der Waals surface area contributed by atoms with Gasteiger partial charge in [-0.15, -0.1) is 11.3 Å². The summed E-state index contributed by atoms with van der Waals surface area (Å²) in [5.74, 6) is -0.279. The molecule has 1 heterocycles. The van der Waals surface area contributed by atoms with Gasteiger partial charge in [0.15, 0.2) is 0 Å². The summed E-state index contributed by atoms with van der Waals surface area (Å²) in [6, 6.07) is 8.05. The number of aryl methyl sites for hydroxylation is 1. The van der Waals surface area contributed by atoms with Crippen LogP contribution < -0.4 is 0 Å². The van der Waals surface area contributed by atoms with Crippen molar-refractivity contribution in [1.82, 2.24) is 4.98 Å². The van der Waals surface area contributed by atoms with Gasteiger partial charge in [-0.1, -0.05) is 35.9 Å². The van der Waals surface area contributed by atoms with Crippen LogP contribution in [0.2, 0.25) is 0 Å². The number of aromatic nitrogens is 1. The molecule has 0 amide bonds. The molecule has 2 aromatic rings. The van der Waals surface area contributed by atoms with Gasteiger partial charge in [-0.3, -0.25) is 4.79 Å². The molecule has 0 fully saturated rings.